The van der Waals surface area contributed by atoms with Crippen LogP contribution in [0.3, 0.4) is 0 Å². The van der Waals surface area contributed by atoms with Crippen molar-refractivity contribution in [2.45, 2.75) is 31.8 Å². The second-order valence-electron chi connectivity index (χ2n) is 7.65. The van der Waals surface area contributed by atoms with Gasteiger partial charge >= 0.3 is 5.97 Å². The molecule has 0 bridgehead atoms. The molecule has 2 N–H and O–H groups in total. The van der Waals surface area contributed by atoms with Crippen molar-refractivity contribution in [2.24, 2.45) is 5.73 Å². The molecule has 1 aliphatic carbocycles. The average Bonchev–Trinajstić information content (AvgIpc) is 2.78. The van der Waals surface area contributed by atoms with Crippen LogP contribution in [0, 0.1) is 0 Å². The molecule has 6 nitrogen and oxygen atoms in total. The SMILES string of the molecule is COC(=O)C1=C(N)OC2=C(C(=O)CCC2)[C@@H]1c1cc(Cl)c(OCc2ccc(Cl)cc2)c(Cl)c1. The van der Waals surface area contributed by atoms with E-state index in [1.807, 2.05) is 12.1 Å². The van der Waals surface area contributed by atoms with E-state index in [2.05, 4.69) is 0 Å². The molecule has 33 heavy (non-hydrogen) atoms. The Kier molecular flexibility index (Phi) is 6.88. The first-order valence-corrected chi connectivity index (χ1v) is 11.3. The number of benzene rings is 2. The summed E-state index contributed by atoms with van der Waals surface area (Å²) in [5.74, 6) is -0.991. The molecule has 2 aromatic rings. The predicted octanol–water partition coefficient (Wildman–Crippen LogP) is 5.69. The fourth-order valence-electron chi connectivity index (χ4n) is 4.02. The van der Waals surface area contributed by atoms with E-state index < -0.39 is 11.9 Å². The Morgan fingerprint density at radius 1 is 1.12 bits per heavy atom. The number of carbonyl (C=O) groups excluding carboxylic acids is 2. The van der Waals surface area contributed by atoms with Crippen LogP contribution in [0.1, 0.15) is 36.3 Å². The summed E-state index contributed by atoms with van der Waals surface area (Å²) in [5.41, 5.74) is 7.88. The molecule has 0 unspecified atom stereocenters. The number of Topliss-reactive ketones (excluding diaryl/α,β-unsaturated/α-hetero) is 1. The number of hydrogen-bond donors (Lipinski definition) is 1. The summed E-state index contributed by atoms with van der Waals surface area (Å²) in [6.45, 7) is 0.223. The van der Waals surface area contributed by atoms with Gasteiger partial charge in [0.2, 0.25) is 5.88 Å². The molecule has 1 aliphatic heterocycles. The van der Waals surface area contributed by atoms with E-state index >= 15 is 0 Å². The molecule has 2 aromatic carbocycles. The molecule has 0 saturated heterocycles. The quantitative estimate of drug-likeness (QED) is 0.522. The number of ketones is 1. The third-order valence-electron chi connectivity index (χ3n) is 5.54. The summed E-state index contributed by atoms with van der Waals surface area (Å²) in [6, 6.07) is 10.4. The number of esters is 1. The van der Waals surface area contributed by atoms with Gasteiger partial charge in [-0.1, -0.05) is 46.9 Å². The monoisotopic (exact) mass is 507 g/mol. The van der Waals surface area contributed by atoms with Gasteiger partial charge in [-0.2, -0.15) is 0 Å². The largest absolute Gasteiger partial charge is 0.486 e. The van der Waals surface area contributed by atoms with Crippen molar-refractivity contribution in [1.29, 1.82) is 0 Å². The van der Waals surface area contributed by atoms with E-state index in [9.17, 15) is 9.59 Å². The average molecular weight is 509 g/mol. The van der Waals surface area contributed by atoms with E-state index in [0.29, 0.717) is 41.2 Å². The number of halogens is 3. The molecule has 0 radical (unpaired) electrons. The smallest absolute Gasteiger partial charge is 0.340 e. The highest BCUT2D eigenvalue weighted by molar-refractivity contribution is 6.37. The van der Waals surface area contributed by atoms with Gasteiger partial charge in [0.1, 0.15) is 17.9 Å². The summed E-state index contributed by atoms with van der Waals surface area (Å²) in [7, 11) is 1.24. The third-order valence-corrected chi connectivity index (χ3v) is 6.35. The van der Waals surface area contributed by atoms with Crippen LogP contribution in [0.2, 0.25) is 15.1 Å². The van der Waals surface area contributed by atoms with Crippen molar-refractivity contribution >= 4 is 46.6 Å². The minimum Gasteiger partial charge on any atom is -0.486 e. The zero-order chi connectivity index (χ0) is 23.7. The topological polar surface area (TPSA) is 87.9 Å². The first kappa shape index (κ1) is 23.5. The Hall–Kier alpha value is -2.67. The van der Waals surface area contributed by atoms with Crippen molar-refractivity contribution in [1.82, 2.24) is 0 Å². The maximum absolute atomic E-state index is 12.8. The second-order valence-corrected chi connectivity index (χ2v) is 8.90. The van der Waals surface area contributed by atoms with Gasteiger partial charge in [-0.05, 0) is 41.8 Å². The Balaban J connectivity index is 1.73. The standard InChI is InChI=1S/C24H20Cl3NO5/c1-31-24(30)21-19(20-17(29)3-2-4-18(20)33-23(21)28)13-9-15(26)22(16(27)10-13)32-11-12-5-7-14(25)8-6-12/h5-10,19H,2-4,11,28H2,1H3/t19-/m0/s1. The molecule has 9 heteroatoms. The Morgan fingerprint density at radius 3 is 2.42 bits per heavy atom. The number of rotatable bonds is 5. The van der Waals surface area contributed by atoms with E-state index in [4.69, 9.17) is 54.7 Å². The third kappa shape index (κ3) is 4.69. The summed E-state index contributed by atoms with van der Waals surface area (Å²) >= 11 is 19.0. The molecular formula is C24H20Cl3NO5. The maximum Gasteiger partial charge on any atom is 0.340 e. The van der Waals surface area contributed by atoms with Gasteiger partial charge in [0.05, 0.1) is 23.1 Å². The number of methoxy groups -OCH3 is 1. The molecule has 0 fully saturated rings. The van der Waals surface area contributed by atoms with Crippen LogP contribution in [-0.2, 0) is 25.7 Å². The van der Waals surface area contributed by atoms with Gasteiger partial charge in [-0.3, -0.25) is 4.79 Å². The lowest BCUT2D eigenvalue weighted by atomic mass is 9.77. The molecular weight excluding hydrogens is 489 g/mol. The molecule has 2 aliphatic rings. The molecule has 0 amide bonds. The number of allylic oxidation sites excluding steroid dienone is 2. The Labute approximate surface area is 205 Å². The zero-order valence-electron chi connectivity index (χ0n) is 17.6. The van der Waals surface area contributed by atoms with Gasteiger partial charge < -0.3 is 19.9 Å². The van der Waals surface area contributed by atoms with Crippen molar-refractivity contribution in [3.8, 4) is 5.75 Å². The van der Waals surface area contributed by atoms with Crippen molar-refractivity contribution in [2.75, 3.05) is 7.11 Å². The molecule has 0 saturated carbocycles. The van der Waals surface area contributed by atoms with Crippen LogP contribution in [0.5, 0.6) is 5.75 Å². The number of hydrogen-bond acceptors (Lipinski definition) is 6. The van der Waals surface area contributed by atoms with Crippen LogP contribution in [0.15, 0.2) is 59.2 Å². The van der Waals surface area contributed by atoms with Crippen LogP contribution >= 0.6 is 34.8 Å². The van der Waals surface area contributed by atoms with E-state index in [0.717, 1.165) is 5.56 Å². The minimum absolute atomic E-state index is 0.0356. The Bertz CT molecular complexity index is 1160. The summed E-state index contributed by atoms with van der Waals surface area (Å²) in [5, 5.41) is 1.08. The molecule has 0 aromatic heterocycles. The predicted molar refractivity (Wildman–Crippen MR) is 125 cm³/mol. The van der Waals surface area contributed by atoms with Gasteiger partial charge in [0.25, 0.3) is 0 Å². The van der Waals surface area contributed by atoms with E-state index in [1.165, 1.54) is 7.11 Å². The lowest BCUT2D eigenvalue weighted by Gasteiger charge is -2.32. The fraction of sp³-hybridized carbons (Fsp3) is 0.250. The van der Waals surface area contributed by atoms with Gasteiger partial charge in [0, 0.05) is 23.4 Å². The highest BCUT2D eigenvalue weighted by Crippen LogP contribution is 2.46. The summed E-state index contributed by atoms with van der Waals surface area (Å²) < 4.78 is 16.4. The van der Waals surface area contributed by atoms with Crippen molar-refractivity contribution < 1.29 is 23.8 Å². The van der Waals surface area contributed by atoms with Crippen molar-refractivity contribution in [3.63, 3.8) is 0 Å². The van der Waals surface area contributed by atoms with Crippen molar-refractivity contribution in [3.05, 3.63) is 85.4 Å². The van der Waals surface area contributed by atoms with E-state index in [-0.39, 0.29) is 39.6 Å². The van der Waals surface area contributed by atoms with Crippen LogP contribution < -0.4 is 10.5 Å². The van der Waals surface area contributed by atoms with Gasteiger partial charge in [-0.15, -0.1) is 0 Å². The maximum atomic E-state index is 12.8. The fourth-order valence-corrected chi connectivity index (χ4v) is 4.76. The van der Waals surface area contributed by atoms with Crippen LogP contribution in [0.4, 0.5) is 0 Å². The highest BCUT2D eigenvalue weighted by atomic mass is 35.5. The molecule has 4 rings (SSSR count). The van der Waals surface area contributed by atoms with Gasteiger partial charge in [-0.25, -0.2) is 4.79 Å². The normalized spacial score (nSPS) is 18.1. The lowest BCUT2D eigenvalue weighted by Crippen LogP contribution is -2.31. The first-order chi connectivity index (χ1) is 15.8. The molecule has 1 atom stereocenters. The number of carbonyl (C=O) groups is 2. The van der Waals surface area contributed by atoms with Gasteiger partial charge in [0.15, 0.2) is 11.5 Å². The molecule has 0 spiro atoms. The second kappa shape index (κ2) is 9.67. The van der Waals surface area contributed by atoms with E-state index in [1.54, 1.807) is 24.3 Å². The zero-order valence-corrected chi connectivity index (χ0v) is 19.9. The molecule has 1 heterocycles. The first-order valence-electron chi connectivity index (χ1n) is 10.2. The highest BCUT2D eigenvalue weighted by Gasteiger charge is 2.41. The summed E-state index contributed by atoms with van der Waals surface area (Å²) in [6.07, 6.45) is 1.53. The Morgan fingerprint density at radius 2 is 1.79 bits per heavy atom. The van der Waals surface area contributed by atoms with Crippen LogP contribution in [-0.4, -0.2) is 18.9 Å². The number of ether oxygens (including phenoxy) is 3. The summed E-state index contributed by atoms with van der Waals surface area (Å²) in [4.78, 5) is 25.4. The molecule has 172 valence electrons. The number of nitrogens with two attached hydrogens (primary N) is 1. The van der Waals surface area contributed by atoms with Crippen LogP contribution in [0.25, 0.3) is 0 Å². The minimum atomic E-state index is -0.811. The lowest BCUT2D eigenvalue weighted by molar-refractivity contribution is -0.136.